The Morgan fingerprint density at radius 3 is 1.67 bits per heavy atom. The van der Waals surface area contributed by atoms with Gasteiger partial charge in [-0.2, -0.15) is 0 Å². The van der Waals surface area contributed by atoms with Gasteiger partial charge in [0.05, 0.1) is 0 Å². The minimum absolute atomic E-state index is 0.165. The van der Waals surface area contributed by atoms with Crippen molar-refractivity contribution in [2.45, 2.75) is 11.8 Å². The molecule has 1 unspecified atom stereocenters. The normalized spacial score (nSPS) is 15.3. The quantitative estimate of drug-likeness (QED) is 0.232. The summed E-state index contributed by atoms with van der Waals surface area (Å²) in [5.41, 5.74) is 15.5. The van der Waals surface area contributed by atoms with Crippen LogP contribution < -0.4 is 0 Å². The number of hydrogen-bond acceptors (Lipinski definition) is 1. The molecule has 0 amide bonds. The van der Waals surface area contributed by atoms with Gasteiger partial charge in [0.1, 0.15) is 11.2 Å². The molecule has 0 saturated carbocycles. The number of para-hydroxylation sites is 1. The highest BCUT2D eigenvalue weighted by Gasteiger charge is 2.34. The molecule has 7 aromatic rings. The Balaban J connectivity index is 1.28. The van der Waals surface area contributed by atoms with Crippen molar-refractivity contribution in [3.8, 4) is 22.3 Å². The lowest BCUT2D eigenvalue weighted by molar-refractivity contribution is 0.668. The average molecular weight is 497 g/mol. The van der Waals surface area contributed by atoms with Gasteiger partial charge in [0.25, 0.3) is 0 Å². The molecule has 0 spiro atoms. The average Bonchev–Trinajstić information content (AvgIpc) is 3.65. The molecule has 1 heteroatoms. The van der Waals surface area contributed by atoms with Gasteiger partial charge in [0.15, 0.2) is 0 Å². The molecule has 2 aliphatic carbocycles. The van der Waals surface area contributed by atoms with Gasteiger partial charge in [-0.3, -0.25) is 0 Å². The summed E-state index contributed by atoms with van der Waals surface area (Å²) in [4.78, 5) is 0. The number of benzene rings is 6. The van der Waals surface area contributed by atoms with Crippen molar-refractivity contribution in [2.24, 2.45) is 0 Å². The molecule has 1 nitrogen and oxygen atoms in total. The van der Waals surface area contributed by atoms with Gasteiger partial charge < -0.3 is 4.42 Å². The summed E-state index contributed by atoms with van der Waals surface area (Å²) in [5.74, 6) is 0.410. The van der Waals surface area contributed by atoms with Crippen molar-refractivity contribution in [3.05, 3.63) is 167 Å². The van der Waals surface area contributed by atoms with E-state index in [4.69, 9.17) is 4.42 Å². The Bertz CT molecular complexity index is 2050. The summed E-state index contributed by atoms with van der Waals surface area (Å²) in [6.07, 6.45) is 0. The van der Waals surface area contributed by atoms with Crippen molar-refractivity contribution in [2.75, 3.05) is 0 Å². The Kier molecular flexibility index (Phi) is 4.23. The highest BCUT2D eigenvalue weighted by Crippen LogP contribution is 2.53. The lowest BCUT2D eigenvalue weighted by Crippen LogP contribution is -2.02. The van der Waals surface area contributed by atoms with Crippen LogP contribution in [0.3, 0.4) is 0 Å². The fourth-order valence-corrected chi connectivity index (χ4v) is 7.29. The maximum absolute atomic E-state index is 6.28. The largest absolute Gasteiger partial charge is 0.456 e. The van der Waals surface area contributed by atoms with Crippen molar-refractivity contribution in [3.63, 3.8) is 0 Å². The Morgan fingerprint density at radius 1 is 0.385 bits per heavy atom. The van der Waals surface area contributed by atoms with Crippen LogP contribution in [-0.4, -0.2) is 0 Å². The molecule has 0 aliphatic heterocycles. The second kappa shape index (κ2) is 7.82. The van der Waals surface area contributed by atoms with E-state index in [-0.39, 0.29) is 11.8 Å². The van der Waals surface area contributed by atoms with Crippen LogP contribution in [0.2, 0.25) is 0 Å². The van der Waals surface area contributed by atoms with Gasteiger partial charge in [-0.25, -0.2) is 0 Å². The zero-order valence-corrected chi connectivity index (χ0v) is 21.3. The monoisotopic (exact) mass is 496 g/mol. The van der Waals surface area contributed by atoms with E-state index < -0.39 is 0 Å². The molecular formula is C38H24O. The van der Waals surface area contributed by atoms with Gasteiger partial charge in [-0.1, -0.05) is 115 Å². The van der Waals surface area contributed by atoms with Crippen molar-refractivity contribution < 1.29 is 4.42 Å². The molecule has 2 aliphatic rings. The Hall–Kier alpha value is -4.88. The van der Waals surface area contributed by atoms with Crippen LogP contribution in [-0.2, 0) is 0 Å². The Labute approximate surface area is 227 Å². The van der Waals surface area contributed by atoms with Crippen molar-refractivity contribution in [1.82, 2.24) is 0 Å². The third kappa shape index (κ3) is 2.85. The standard InChI is InChI=1S/C38H24O/c1-4-13-27-24(10-1)25-11-2-5-14-28(25)36(27)23-20-21-30-33(22-23)26-12-3-6-15-29(26)37(30)32-17-9-19-35-38(32)31-16-7-8-18-34(31)39-35/h1-22,36-37H. The molecule has 0 fully saturated rings. The highest BCUT2D eigenvalue weighted by molar-refractivity contribution is 6.07. The smallest absolute Gasteiger partial charge is 0.135 e. The van der Waals surface area contributed by atoms with Crippen LogP contribution >= 0.6 is 0 Å². The molecule has 0 bridgehead atoms. The van der Waals surface area contributed by atoms with Gasteiger partial charge >= 0.3 is 0 Å². The van der Waals surface area contributed by atoms with E-state index in [0.29, 0.717) is 0 Å². The van der Waals surface area contributed by atoms with E-state index in [1.807, 2.05) is 6.07 Å². The van der Waals surface area contributed by atoms with Crippen LogP contribution in [0.5, 0.6) is 0 Å². The number of hydrogen-bond donors (Lipinski definition) is 0. The van der Waals surface area contributed by atoms with Crippen LogP contribution in [0.25, 0.3) is 44.2 Å². The summed E-state index contributed by atoms with van der Waals surface area (Å²) in [6.45, 7) is 0. The topological polar surface area (TPSA) is 13.1 Å². The van der Waals surface area contributed by atoms with Crippen molar-refractivity contribution >= 4 is 21.9 Å². The maximum Gasteiger partial charge on any atom is 0.135 e. The molecule has 1 heterocycles. The second-order valence-corrected chi connectivity index (χ2v) is 10.8. The molecule has 0 N–H and O–H groups in total. The first-order valence-corrected chi connectivity index (χ1v) is 13.7. The fraction of sp³-hybridized carbons (Fsp3) is 0.0526. The number of furan rings is 1. The number of fused-ring (bicyclic) bond motifs is 9. The second-order valence-electron chi connectivity index (χ2n) is 10.8. The SMILES string of the molecule is c1ccc2c(c1)-c1ccccc1C2c1ccc2c(c1)-c1ccccc1C2c1cccc2oc3ccccc3c12. The minimum atomic E-state index is 0.165. The first-order chi connectivity index (χ1) is 19.4. The van der Waals surface area contributed by atoms with Crippen molar-refractivity contribution in [1.29, 1.82) is 0 Å². The zero-order chi connectivity index (χ0) is 25.5. The molecule has 1 aromatic heterocycles. The van der Waals surface area contributed by atoms with E-state index in [0.717, 1.165) is 11.2 Å². The van der Waals surface area contributed by atoms with Crippen LogP contribution in [0.15, 0.2) is 138 Å². The minimum Gasteiger partial charge on any atom is -0.456 e. The summed E-state index contributed by atoms with van der Waals surface area (Å²) in [6, 6.07) is 48.9. The first-order valence-electron chi connectivity index (χ1n) is 13.7. The van der Waals surface area contributed by atoms with Crippen LogP contribution in [0.4, 0.5) is 0 Å². The van der Waals surface area contributed by atoms with Crippen LogP contribution in [0, 0.1) is 0 Å². The molecule has 39 heavy (non-hydrogen) atoms. The van der Waals surface area contributed by atoms with E-state index >= 15 is 0 Å². The zero-order valence-electron chi connectivity index (χ0n) is 21.3. The Morgan fingerprint density at radius 2 is 0.923 bits per heavy atom. The third-order valence-electron chi connectivity index (χ3n) is 8.86. The molecule has 182 valence electrons. The molecule has 9 rings (SSSR count). The van der Waals surface area contributed by atoms with E-state index in [1.54, 1.807) is 0 Å². The molecule has 1 atom stereocenters. The predicted octanol–water partition coefficient (Wildman–Crippen LogP) is 9.91. The maximum atomic E-state index is 6.28. The fourth-order valence-electron chi connectivity index (χ4n) is 7.29. The highest BCUT2D eigenvalue weighted by atomic mass is 16.3. The molecular weight excluding hydrogens is 472 g/mol. The lowest BCUT2D eigenvalue weighted by Gasteiger charge is -2.18. The van der Waals surface area contributed by atoms with Gasteiger partial charge in [-0.05, 0) is 73.8 Å². The predicted molar refractivity (Wildman–Crippen MR) is 159 cm³/mol. The molecule has 6 aromatic carbocycles. The lowest BCUT2D eigenvalue weighted by atomic mass is 9.84. The molecule has 0 radical (unpaired) electrons. The summed E-state index contributed by atoms with van der Waals surface area (Å²) in [7, 11) is 0. The van der Waals surface area contributed by atoms with Gasteiger partial charge in [0.2, 0.25) is 0 Å². The summed E-state index contributed by atoms with van der Waals surface area (Å²) < 4.78 is 6.28. The van der Waals surface area contributed by atoms with Gasteiger partial charge in [-0.15, -0.1) is 0 Å². The summed E-state index contributed by atoms with van der Waals surface area (Å²) >= 11 is 0. The van der Waals surface area contributed by atoms with Crippen LogP contribution in [0.1, 0.15) is 45.2 Å². The van der Waals surface area contributed by atoms with E-state index in [2.05, 4.69) is 127 Å². The third-order valence-corrected chi connectivity index (χ3v) is 8.86. The van der Waals surface area contributed by atoms with Gasteiger partial charge in [0, 0.05) is 22.6 Å². The van der Waals surface area contributed by atoms with E-state index in [1.165, 1.54) is 66.4 Å². The summed E-state index contributed by atoms with van der Waals surface area (Å²) in [5, 5.41) is 2.41. The van der Waals surface area contributed by atoms with E-state index in [9.17, 15) is 0 Å². The molecule has 0 saturated heterocycles. The first kappa shape index (κ1) is 21.1. The number of rotatable bonds is 2.